The lowest BCUT2D eigenvalue weighted by atomic mass is 9.93. The Bertz CT molecular complexity index is 423. The van der Waals surface area contributed by atoms with Gasteiger partial charge >= 0.3 is 0 Å². The Morgan fingerprint density at radius 2 is 2.11 bits per heavy atom. The molecule has 1 aromatic rings. The van der Waals surface area contributed by atoms with Crippen LogP contribution in [0.2, 0.25) is 5.02 Å². The first-order chi connectivity index (χ1) is 9.24. The second-order valence-electron chi connectivity index (χ2n) is 5.11. The molecule has 2 rings (SSSR count). The monoisotopic (exact) mass is 284 g/mol. The molecule has 19 heavy (non-hydrogen) atoms. The van der Waals surface area contributed by atoms with Crippen molar-refractivity contribution < 1.29 is 9.53 Å². The largest absolute Gasteiger partial charge is 0.383 e. The number of aromatic nitrogens is 2. The van der Waals surface area contributed by atoms with E-state index in [0.717, 1.165) is 25.7 Å². The molecule has 1 aromatic heterocycles. The summed E-state index contributed by atoms with van der Waals surface area (Å²) in [7, 11) is 1.64. The van der Waals surface area contributed by atoms with Gasteiger partial charge in [-0.1, -0.05) is 37.3 Å². The summed E-state index contributed by atoms with van der Waals surface area (Å²) in [6.45, 7) is 1.10. The third kappa shape index (κ3) is 3.57. The number of carbonyl (C=O) groups excluding carboxylic acids is 1. The first-order valence-corrected chi connectivity index (χ1v) is 7.36. The summed E-state index contributed by atoms with van der Waals surface area (Å²) in [5.74, 6) is 0.262. The maximum atomic E-state index is 12.6. The lowest BCUT2D eigenvalue weighted by Gasteiger charge is -2.14. The lowest BCUT2D eigenvalue weighted by molar-refractivity contribution is 0.0893. The van der Waals surface area contributed by atoms with Crippen LogP contribution in [0.25, 0.3) is 0 Å². The van der Waals surface area contributed by atoms with E-state index < -0.39 is 0 Å². The molecular weight excluding hydrogens is 264 g/mol. The number of rotatable bonds is 5. The number of ketones is 1. The number of halogens is 1. The zero-order valence-electron chi connectivity index (χ0n) is 11.4. The number of hydrogen-bond acceptors (Lipinski definition) is 3. The summed E-state index contributed by atoms with van der Waals surface area (Å²) in [6.07, 6.45) is 8.26. The fraction of sp³-hybridized carbons (Fsp3) is 0.714. The van der Waals surface area contributed by atoms with Gasteiger partial charge in [-0.05, 0) is 12.8 Å². The molecule has 1 heterocycles. The Hall–Kier alpha value is -0.870. The molecule has 0 bridgehead atoms. The molecule has 0 N–H and O–H groups in total. The summed E-state index contributed by atoms with van der Waals surface area (Å²) in [5, 5.41) is 4.64. The first-order valence-electron chi connectivity index (χ1n) is 6.98. The number of Topliss-reactive ketones (excluding diaryl/α,β-unsaturated/α-hetero) is 1. The van der Waals surface area contributed by atoms with Crippen LogP contribution in [0.1, 0.15) is 49.0 Å². The van der Waals surface area contributed by atoms with Crippen LogP contribution in [0.5, 0.6) is 0 Å². The van der Waals surface area contributed by atoms with Crippen LogP contribution >= 0.6 is 11.6 Å². The summed E-state index contributed by atoms with van der Waals surface area (Å²) in [6, 6.07) is 0. The van der Waals surface area contributed by atoms with Crippen LogP contribution in [-0.4, -0.2) is 29.3 Å². The molecule has 0 aromatic carbocycles. The van der Waals surface area contributed by atoms with E-state index in [2.05, 4.69) is 5.10 Å². The first kappa shape index (κ1) is 14.5. The second kappa shape index (κ2) is 7.06. The van der Waals surface area contributed by atoms with Gasteiger partial charge in [-0.2, -0.15) is 5.10 Å². The molecule has 0 amide bonds. The van der Waals surface area contributed by atoms with E-state index in [1.165, 1.54) is 12.8 Å². The van der Waals surface area contributed by atoms with Crippen molar-refractivity contribution in [1.82, 2.24) is 9.78 Å². The molecule has 4 nitrogen and oxygen atoms in total. The fourth-order valence-corrected chi connectivity index (χ4v) is 2.92. The SMILES string of the molecule is COCCn1ncc(Cl)c1C(=O)C1CCCCCC1. The van der Waals surface area contributed by atoms with Gasteiger partial charge in [0.15, 0.2) is 5.78 Å². The Morgan fingerprint density at radius 1 is 1.42 bits per heavy atom. The standard InChI is InChI=1S/C14H21ClN2O2/c1-19-9-8-17-13(12(15)10-16-17)14(18)11-6-4-2-3-5-7-11/h10-11H,2-9H2,1H3. The van der Waals surface area contributed by atoms with Crippen LogP contribution in [0, 0.1) is 5.92 Å². The van der Waals surface area contributed by atoms with Gasteiger partial charge in [-0.25, -0.2) is 0 Å². The Labute approximate surface area is 119 Å². The van der Waals surface area contributed by atoms with Crippen molar-refractivity contribution in [2.45, 2.75) is 45.1 Å². The normalized spacial score (nSPS) is 17.4. The molecule has 0 saturated heterocycles. The van der Waals surface area contributed by atoms with Gasteiger partial charge < -0.3 is 4.74 Å². The van der Waals surface area contributed by atoms with Crippen LogP contribution in [-0.2, 0) is 11.3 Å². The van der Waals surface area contributed by atoms with Crippen molar-refractivity contribution in [3.8, 4) is 0 Å². The molecule has 0 atom stereocenters. The maximum Gasteiger partial charge on any atom is 0.185 e. The molecule has 1 saturated carbocycles. The zero-order valence-corrected chi connectivity index (χ0v) is 12.2. The van der Waals surface area contributed by atoms with E-state index >= 15 is 0 Å². The van der Waals surface area contributed by atoms with Crippen LogP contribution in [0.15, 0.2) is 6.20 Å². The highest BCUT2D eigenvalue weighted by Gasteiger charge is 2.26. The second-order valence-corrected chi connectivity index (χ2v) is 5.52. The Morgan fingerprint density at radius 3 is 2.74 bits per heavy atom. The molecule has 0 unspecified atom stereocenters. The Balaban J connectivity index is 2.14. The van der Waals surface area contributed by atoms with Crippen molar-refractivity contribution >= 4 is 17.4 Å². The molecule has 5 heteroatoms. The molecule has 0 spiro atoms. The molecule has 0 radical (unpaired) electrons. The lowest BCUT2D eigenvalue weighted by Crippen LogP contribution is -2.20. The van der Waals surface area contributed by atoms with Crippen LogP contribution < -0.4 is 0 Å². The average molecular weight is 285 g/mol. The van der Waals surface area contributed by atoms with Gasteiger partial charge in [0.1, 0.15) is 5.69 Å². The number of hydrogen-bond donors (Lipinski definition) is 0. The van der Waals surface area contributed by atoms with Crippen molar-refractivity contribution in [2.24, 2.45) is 5.92 Å². The summed E-state index contributed by atoms with van der Waals surface area (Å²) >= 11 is 6.13. The van der Waals surface area contributed by atoms with E-state index in [9.17, 15) is 4.79 Å². The van der Waals surface area contributed by atoms with E-state index in [-0.39, 0.29) is 11.7 Å². The minimum Gasteiger partial charge on any atom is -0.383 e. The predicted octanol–water partition coefficient (Wildman–Crippen LogP) is 3.34. The van der Waals surface area contributed by atoms with Crippen LogP contribution in [0.3, 0.4) is 0 Å². The van der Waals surface area contributed by atoms with E-state index in [4.69, 9.17) is 16.3 Å². The van der Waals surface area contributed by atoms with Crippen LogP contribution in [0.4, 0.5) is 0 Å². The molecule has 1 fully saturated rings. The quantitative estimate of drug-likeness (QED) is 0.615. The smallest absolute Gasteiger partial charge is 0.185 e. The minimum absolute atomic E-state index is 0.109. The minimum atomic E-state index is 0.109. The highest BCUT2D eigenvalue weighted by atomic mass is 35.5. The van der Waals surface area contributed by atoms with Crippen molar-refractivity contribution in [3.05, 3.63) is 16.9 Å². The molecular formula is C14H21ClN2O2. The van der Waals surface area contributed by atoms with E-state index in [1.54, 1.807) is 18.0 Å². The molecule has 1 aliphatic carbocycles. The third-order valence-electron chi connectivity index (χ3n) is 3.76. The third-order valence-corrected chi connectivity index (χ3v) is 4.04. The highest BCUT2D eigenvalue weighted by Crippen LogP contribution is 2.28. The predicted molar refractivity (Wildman–Crippen MR) is 74.6 cm³/mol. The zero-order chi connectivity index (χ0) is 13.7. The van der Waals surface area contributed by atoms with Gasteiger partial charge in [0.05, 0.1) is 24.4 Å². The average Bonchev–Trinajstić information content (AvgIpc) is 2.64. The fourth-order valence-electron chi connectivity index (χ4n) is 2.69. The topological polar surface area (TPSA) is 44.1 Å². The molecule has 1 aliphatic rings. The number of carbonyl (C=O) groups is 1. The summed E-state index contributed by atoms with van der Waals surface area (Å²) < 4.78 is 6.72. The number of nitrogens with zero attached hydrogens (tertiary/aromatic N) is 2. The molecule has 0 aliphatic heterocycles. The summed E-state index contributed by atoms with van der Waals surface area (Å²) in [5.41, 5.74) is 0.561. The molecule has 106 valence electrons. The van der Waals surface area contributed by atoms with Gasteiger partial charge in [0.25, 0.3) is 0 Å². The van der Waals surface area contributed by atoms with E-state index in [0.29, 0.717) is 23.9 Å². The van der Waals surface area contributed by atoms with Crippen molar-refractivity contribution in [3.63, 3.8) is 0 Å². The van der Waals surface area contributed by atoms with Crippen molar-refractivity contribution in [2.75, 3.05) is 13.7 Å². The summed E-state index contributed by atoms with van der Waals surface area (Å²) in [4.78, 5) is 12.6. The van der Waals surface area contributed by atoms with Gasteiger partial charge in [0, 0.05) is 13.0 Å². The van der Waals surface area contributed by atoms with Crippen molar-refractivity contribution in [1.29, 1.82) is 0 Å². The van der Waals surface area contributed by atoms with E-state index in [1.807, 2.05) is 0 Å². The number of ether oxygens (including phenoxy) is 1. The van der Waals surface area contributed by atoms with Gasteiger partial charge in [-0.3, -0.25) is 9.48 Å². The Kier molecular flexibility index (Phi) is 5.40. The highest BCUT2D eigenvalue weighted by molar-refractivity contribution is 6.33. The van der Waals surface area contributed by atoms with Gasteiger partial charge in [-0.15, -0.1) is 0 Å². The number of methoxy groups -OCH3 is 1. The maximum absolute atomic E-state index is 12.6. The van der Waals surface area contributed by atoms with Gasteiger partial charge in [0.2, 0.25) is 0 Å².